The van der Waals surface area contributed by atoms with E-state index >= 15 is 0 Å². The molecule has 2 heteroatoms. The van der Waals surface area contributed by atoms with Crippen molar-refractivity contribution in [3.05, 3.63) is 60.2 Å². The van der Waals surface area contributed by atoms with E-state index in [1.165, 1.54) is 5.56 Å². The summed E-state index contributed by atoms with van der Waals surface area (Å²) in [5.74, 6) is 0.114. The van der Waals surface area contributed by atoms with Crippen LogP contribution in [0.4, 0.5) is 0 Å². The number of carbonyl (C=O) groups is 1. The van der Waals surface area contributed by atoms with Crippen LogP contribution < -0.4 is 5.32 Å². The second kappa shape index (κ2) is 8.14. The van der Waals surface area contributed by atoms with Crippen LogP contribution in [0.25, 0.3) is 0 Å². The van der Waals surface area contributed by atoms with Crippen molar-refractivity contribution in [3.63, 3.8) is 0 Å². The van der Waals surface area contributed by atoms with Gasteiger partial charge in [0.2, 0.25) is 5.91 Å². The summed E-state index contributed by atoms with van der Waals surface area (Å²) in [6, 6.07) is 18.6. The fraction of sp³-hybridized carbons (Fsp3) is 0.476. The Morgan fingerprint density at radius 1 is 0.913 bits per heavy atom. The van der Waals surface area contributed by atoms with Crippen molar-refractivity contribution in [2.75, 3.05) is 0 Å². The highest BCUT2D eigenvalue weighted by atomic mass is 16.2. The van der Waals surface area contributed by atoms with Gasteiger partial charge >= 0.3 is 0 Å². The zero-order chi connectivity index (χ0) is 17.5. The van der Waals surface area contributed by atoms with Crippen LogP contribution in [0.3, 0.4) is 0 Å². The Balaban J connectivity index is 3.09. The normalized spacial score (nSPS) is 11.8. The van der Waals surface area contributed by atoms with Crippen LogP contribution >= 0.6 is 0 Å². The summed E-state index contributed by atoms with van der Waals surface area (Å²) in [4.78, 5) is 12.5. The van der Waals surface area contributed by atoms with Crippen molar-refractivity contribution in [2.24, 2.45) is 5.41 Å². The third-order valence-corrected chi connectivity index (χ3v) is 3.92. The first-order valence-electron chi connectivity index (χ1n) is 8.35. The van der Waals surface area contributed by atoms with Crippen molar-refractivity contribution in [1.29, 1.82) is 0 Å². The lowest BCUT2D eigenvalue weighted by atomic mass is 9.71. The van der Waals surface area contributed by atoms with Gasteiger partial charge in [0.05, 0.1) is 0 Å². The molecule has 2 nitrogen and oxygen atoms in total. The zero-order valence-electron chi connectivity index (χ0n) is 15.4. The molecule has 0 unspecified atom stereocenters. The summed E-state index contributed by atoms with van der Waals surface area (Å²) in [5, 5.41) is 3.04. The topological polar surface area (TPSA) is 29.1 Å². The maximum absolute atomic E-state index is 12.5. The van der Waals surface area contributed by atoms with Gasteiger partial charge in [0, 0.05) is 11.5 Å². The molecule has 1 amide bonds. The maximum atomic E-state index is 12.5. The number of nitrogens with one attached hydrogen (secondary N) is 1. The van der Waals surface area contributed by atoms with Gasteiger partial charge in [0.1, 0.15) is 0 Å². The standard InChI is InChI=1S/C21H31NO/c1-17(2)22-19(23)21(5,6)16-20(3,4)18-14-12-10-8-7-9-11-13-15-18/h7-15,17H,16H2,1-6H3,(H,22,23). The van der Waals surface area contributed by atoms with Gasteiger partial charge in [-0.2, -0.15) is 0 Å². The van der Waals surface area contributed by atoms with Gasteiger partial charge in [-0.1, -0.05) is 82.3 Å². The largest absolute Gasteiger partial charge is 0.353 e. The molecule has 1 aromatic rings. The highest BCUT2D eigenvalue weighted by Crippen LogP contribution is 2.36. The first-order valence-corrected chi connectivity index (χ1v) is 8.35. The molecule has 0 spiro atoms. The van der Waals surface area contributed by atoms with Crippen LogP contribution in [0.1, 0.15) is 53.5 Å². The van der Waals surface area contributed by atoms with Gasteiger partial charge in [-0.3, -0.25) is 4.79 Å². The molecular weight excluding hydrogens is 282 g/mol. The molecule has 0 aliphatic heterocycles. The van der Waals surface area contributed by atoms with Gasteiger partial charge in [-0.05, 0) is 31.2 Å². The second-order valence-corrected chi connectivity index (χ2v) is 7.71. The number of hydrogen-bond acceptors (Lipinski definition) is 1. The van der Waals surface area contributed by atoms with Crippen LogP contribution in [0.15, 0.2) is 54.6 Å². The zero-order valence-corrected chi connectivity index (χ0v) is 15.4. The molecule has 0 bridgehead atoms. The van der Waals surface area contributed by atoms with Gasteiger partial charge in [0.15, 0.2) is 0 Å². The first-order chi connectivity index (χ1) is 10.6. The first kappa shape index (κ1) is 19.2. The Morgan fingerprint density at radius 2 is 1.35 bits per heavy atom. The van der Waals surface area contributed by atoms with Crippen LogP contribution in [0.2, 0.25) is 0 Å². The van der Waals surface area contributed by atoms with Gasteiger partial charge < -0.3 is 5.32 Å². The summed E-state index contributed by atoms with van der Waals surface area (Å²) in [6.45, 7) is 12.4. The van der Waals surface area contributed by atoms with Gasteiger partial charge in [-0.15, -0.1) is 0 Å². The molecule has 126 valence electrons. The molecule has 0 aliphatic rings. The van der Waals surface area contributed by atoms with E-state index in [0.29, 0.717) is 0 Å². The third-order valence-electron chi connectivity index (χ3n) is 3.92. The van der Waals surface area contributed by atoms with Crippen molar-refractivity contribution < 1.29 is 4.79 Å². The van der Waals surface area contributed by atoms with E-state index in [2.05, 4.69) is 43.4 Å². The lowest BCUT2D eigenvalue weighted by molar-refractivity contribution is -0.130. The highest BCUT2D eigenvalue weighted by Gasteiger charge is 2.35. The third kappa shape index (κ3) is 6.43. The number of amides is 1. The van der Waals surface area contributed by atoms with Crippen LogP contribution in [0.5, 0.6) is 0 Å². The molecule has 1 N–H and O–H groups in total. The molecule has 1 rings (SSSR count). The van der Waals surface area contributed by atoms with Gasteiger partial charge in [0.25, 0.3) is 0 Å². The molecule has 0 aromatic heterocycles. The van der Waals surface area contributed by atoms with Crippen LogP contribution in [-0.4, -0.2) is 11.9 Å². The van der Waals surface area contributed by atoms with E-state index in [-0.39, 0.29) is 17.4 Å². The molecule has 0 fully saturated rings. The Labute approximate surface area is 141 Å². The predicted molar refractivity (Wildman–Crippen MR) is 98.8 cm³/mol. The Morgan fingerprint density at radius 3 is 1.78 bits per heavy atom. The van der Waals surface area contributed by atoms with Gasteiger partial charge in [-0.25, -0.2) is 0 Å². The molecule has 0 saturated carbocycles. The van der Waals surface area contributed by atoms with Crippen LogP contribution in [0, 0.1) is 5.41 Å². The van der Waals surface area contributed by atoms with E-state index in [0.717, 1.165) is 6.42 Å². The fourth-order valence-corrected chi connectivity index (χ4v) is 2.89. The average Bonchev–Trinajstić information content (AvgIpc) is 2.42. The van der Waals surface area contributed by atoms with E-state index in [1.807, 2.05) is 58.0 Å². The molecular formula is C21H31NO. The lowest BCUT2D eigenvalue weighted by Crippen LogP contribution is -2.43. The Kier molecular flexibility index (Phi) is 6.80. The lowest BCUT2D eigenvalue weighted by Gasteiger charge is -2.34. The SMILES string of the molecule is CC(C)NC(=O)C(C)(C)CC(C)(C)c1ccccccccc1. The van der Waals surface area contributed by atoms with E-state index < -0.39 is 5.41 Å². The van der Waals surface area contributed by atoms with Crippen molar-refractivity contribution in [1.82, 2.24) is 5.32 Å². The minimum Gasteiger partial charge on any atom is -0.353 e. The fourth-order valence-electron chi connectivity index (χ4n) is 2.89. The smallest absolute Gasteiger partial charge is 0.225 e. The summed E-state index contributed by atoms with van der Waals surface area (Å²) in [7, 11) is 0. The Hall–Kier alpha value is -1.83. The van der Waals surface area contributed by atoms with Crippen molar-refractivity contribution >= 4 is 5.91 Å². The molecule has 0 atom stereocenters. The van der Waals surface area contributed by atoms with Crippen LogP contribution in [-0.2, 0) is 10.2 Å². The summed E-state index contributed by atoms with van der Waals surface area (Å²) in [5.41, 5.74) is 0.700. The summed E-state index contributed by atoms with van der Waals surface area (Å²) < 4.78 is 0. The quantitative estimate of drug-likeness (QED) is 0.811. The summed E-state index contributed by atoms with van der Waals surface area (Å²) in [6.07, 6.45) is 0.780. The second-order valence-electron chi connectivity index (χ2n) is 7.71. The number of hydrogen-bond donors (Lipinski definition) is 1. The molecule has 0 aliphatic carbocycles. The molecule has 1 aromatic carbocycles. The predicted octanol–water partition coefficient (Wildman–Crippen LogP) is 5.03. The molecule has 0 heterocycles. The highest BCUT2D eigenvalue weighted by molar-refractivity contribution is 5.82. The number of carbonyl (C=O) groups excluding carboxylic acids is 1. The minimum absolute atomic E-state index is 0.102. The van der Waals surface area contributed by atoms with Crippen molar-refractivity contribution in [3.8, 4) is 0 Å². The average molecular weight is 313 g/mol. The molecule has 23 heavy (non-hydrogen) atoms. The Bertz CT molecular complexity index is 547. The summed E-state index contributed by atoms with van der Waals surface area (Å²) >= 11 is 0. The number of rotatable bonds is 5. The van der Waals surface area contributed by atoms with E-state index in [1.54, 1.807) is 0 Å². The maximum Gasteiger partial charge on any atom is 0.225 e. The minimum atomic E-state index is -0.419. The molecule has 0 saturated heterocycles. The van der Waals surface area contributed by atoms with E-state index in [9.17, 15) is 4.79 Å². The van der Waals surface area contributed by atoms with Crippen molar-refractivity contribution in [2.45, 2.75) is 59.4 Å². The monoisotopic (exact) mass is 313 g/mol. The van der Waals surface area contributed by atoms with E-state index in [4.69, 9.17) is 0 Å². The molecule has 0 radical (unpaired) electrons.